The first kappa shape index (κ1) is 10.7. The van der Waals surface area contributed by atoms with Gasteiger partial charge in [0.1, 0.15) is 0 Å². The Morgan fingerprint density at radius 1 is 1.31 bits per heavy atom. The van der Waals surface area contributed by atoms with Crippen LogP contribution in [0.3, 0.4) is 0 Å². The van der Waals surface area contributed by atoms with E-state index in [2.05, 4.69) is 15.9 Å². The van der Waals surface area contributed by atoms with Gasteiger partial charge in [0.05, 0.1) is 4.90 Å². The molecule has 0 saturated heterocycles. The summed E-state index contributed by atoms with van der Waals surface area (Å²) in [6.45, 7) is 3.56. The van der Waals surface area contributed by atoms with Gasteiger partial charge in [-0.25, -0.2) is 0 Å². The third-order valence-corrected chi connectivity index (χ3v) is 3.48. The molecule has 0 amide bonds. The van der Waals surface area contributed by atoms with E-state index in [1.165, 1.54) is 12.1 Å². The molecule has 0 N–H and O–H groups in total. The second-order valence-corrected chi connectivity index (χ2v) is 4.99. The lowest BCUT2D eigenvalue weighted by Gasteiger charge is -2.04. The predicted molar refractivity (Wildman–Crippen MR) is 51.9 cm³/mol. The van der Waals surface area contributed by atoms with Gasteiger partial charge < -0.3 is 0 Å². The summed E-state index contributed by atoms with van der Waals surface area (Å²) < 4.78 is 34.3. The average Bonchev–Trinajstić information content (AvgIpc) is 1.97. The second kappa shape index (κ2) is 3.38. The molecule has 0 heterocycles. The summed E-state index contributed by atoms with van der Waals surface area (Å²) in [5.41, 5.74) is 1.65. The molecule has 2 nitrogen and oxygen atoms in total. The van der Waals surface area contributed by atoms with Gasteiger partial charge in [0, 0.05) is 4.47 Å². The molecule has 0 saturated carbocycles. The number of aryl methyl sites for hydroxylation is 1. The van der Waals surface area contributed by atoms with Crippen molar-refractivity contribution in [3.63, 3.8) is 0 Å². The van der Waals surface area contributed by atoms with Crippen LogP contribution in [-0.2, 0) is 10.2 Å². The highest BCUT2D eigenvalue weighted by molar-refractivity contribution is 9.10. The van der Waals surface area contributed by atoms with Crippen molar-refractivity contribution in [3.05, 3.63) is 27.7 Å². The summed E-state index contributed by atoms with van der Waals surface area (Å²) in [6.07, 6.45) is 0. The SMILES string of the molecule is Cc1cc(S(=O)(=O)F)cc(Br)c1C. The largest absolute Gasteiger partial charge is 0.332 e. The standard InChI is InChI=1S/C8H8BrFO2S/c1-5-3-7(13(10,11)12)4-8(9)6(5)2/h3-4H,1-2H3. The molecule has 72 valence electrons. The maximum atomic E-state index is 12.6. The van der Waals surface area contributed by atoms with E-state index in [0.717, 1.165) is 11.1 Å². The first-order valence-electron chi connectivity index (χ1n) is 3.54. The van der Waals surface area contributed by atoms with Gasteiger partial charge in [-0.3, -0.25) is 0 Å². The van der Waals surface area contributed by atoms with E-state index in [0.29, 0.717) is 4.47 Å². The lowest BCUT2D eigenvalue weighted by Crippen LogP contribution is -1.94. The molecule has 0 aromatic heterocycles. The Labute approximate surface area is 85.1 Å². The van der Waals surface area contributed by atoms with Crippen molar-refractivity contribution in [2.24, 2.45) is 0 Å². The summed E-state index contributed by atoms with van der Waals surface area (Å²) in [7, 11) is -4.59. The van der Waals surface area contributed by atoms with Crippen molar-refractivity contribution in [2.45, 2.75) is 18.7 Å². The lowest BCUT2D eigenvalue weighted by molar-refractivity contribution is 0.552. The van der Waals surface area contributed by atoms with Gasteiger partial charge in [-0.15, -0.1) is 3.89 Å². The van der Waals surface area contributed by atoms with Crippen molar-refractivity contribution in [1.82, 2.24) is 0 Å². The minimum absolute atomic E-state index is 0.303. The molecular weight excluding hydrogens is 259 g/mol. The van der Waals surface area contributed by atoms with Gasteiger partial charge in [-0.05, 0) is 37.1 Å². The third-order valence-electron chi connectivity index (χ3n) is 1.86. The van der Waals surface area contributed by atoms with E-state index in [9.17, 15) is 12.3 Å². The van der Waals surface area contributed by atoms with Crippen molar-refractivity contribution >= 4 is 26.2 Å². The first-order valence-corrected chi connectivity index (χ1v) is 5.71. The van der Waals surface area contributed by atoms with E-state index in [4.69, 9.17) is 0 Å². The molecule has 0 aliphatic heterocycles. The van der Waals surface area contributed by atoms with Crippen molar-refractivity contribution in [2.75, 3.05) is 0 Å². The van der Waals surface area contributed by atoms with Gasteiger partial charge in [-0.1, -0.05) is 15.9 Å². The van der Waals surface area contributed by atoms with Crippen LogP contribution in [0.15, 0.2) is 21.5 Å². The lowest BCUT2D eigenvalue weighted by atomic mass is 10.1. The fraction of sp³-hybridized carbons (Fsp3) is 0.250. The van der Waals surface area contributed by atoms with E-state index < -0.39 is 10.2 Å². The zero-order valence-corrected chi connectivity index (χ0v) is 9.54. The summed E-state index contributed by atoms with van der Waals surface area (Å²) >= 11 is 3.16. The predicted octanol–water partition coefficient (Wildman–Crippen LogP) is 2.72. The van der Waals surface area contributed by atoms with E-state index >= 15 is 0 Å². The maximum absolute atomic E-state index is 12.6. The van der Waals surface area contributed by atoms with Crippen molar-refractivity contribution < 1.29 is 12.3 Å². The van der Waals surface area contributed by atoms with Crippen LogP contribution in [0.1, 0.15) is 11.1 Å². The van der Waals surface area contributed by atoms with E-state index in [-0.39, 0.29) is 4.90 Å². The molecule has 1 aromatic carbocycles. The summed E-state index contributed by atoms with van der Waals surface area (Å²) in [5, 5.41) is 0. The Kier molecular flexibility index (Phi) is 2.77. The smallest absolute Gasteiger partial charge is 0.189 e. The van der Waals surface area contributed by atoms with Crippen molar-refractivity contribution in [3.8, 4) is 0 Å². The molecule has 5 heteroatoms. The van der Waals surface area contributed by atoms with Gasteiger partial charge in [0.2, 0.25) is 0 Å². The fourth-order valence-corrected chi connectivity index (χ4v) is 2.21. The Morgan fingerprint density at radius 2 is 1.85 bits per heavy atom. The van der Waals surface area contributed by atoms with E-state index in [1.807, 2.05) is 6.92 Å². The maximum Gasteiger partial charge on any atom is 0.332 e. The number of hydrogen-bond donors (Lipinski definition) is 0. The Balaban J connectivity index is 3.47. The molecule has 0 aliphatic rings. The van der Waals surface area contributed by atoms with Crippen LogP contribution in [0, 0.1) is 13.8 Å². The highest BCUT2D eigenvalue weighted by atomic mass is 79.9. The van der Waals surface area contributed by atoms with Crippen LogP contribution in [0.5, 0.6) is 0 Å². The molecule has 0 spiro atoms. The fourth-order valence-electron chi connectivity index (χ4n) is 0.926. The monoisotopic (exact) mass is 266 g/mol. The zero-order chi connectivity index (χ0) is 10.2. The Hall–Kier alpha value is -0.420. The highest BCUT2D eigenvalue weighted by Crippen LogP contribution is 2.25. The van der Waals surface area contributed by atoms with E-state index in [1.54, 1.807) is 6.92 Å². The average molecular weight is 267 g/mol. The molecule has 0 aliphatic carbocycles. The van der Waals surface area contributed by atoms with Crippen LogP contribution in [0.25, 0.3) is 0 Å². The van der Waals surface area contributed by atoms with Gasteiger partial charge >= 0.3 is 10.2 Å². The van der Waals surface area contributed by atoms with Crippen LogP contribution in [-0.4, -0.2) is 8.42 Å². The summed E-state index contributed by atoms with van der Waals surface area (Å²) in [6, 6.07) is 2.58. The number of halogens is 2. The molecule has 0 radical (unpaired) electrons. The summed E-state index contributed by atoms with van der Waals surface area (Å²) in [5.74, 6) is 0. The van der Waals surface area contributed by atoms with Crippen LogP contribution in [0.4, 0.5) is 3.89 Å². The van der Waals surface area contributed by atoms with Crippen LogP contribution >= 0.6 is 15.9 Å². The van der Waals surface area contributed by atoms with Crippen LogP contribution < -0.4 is 0 Å². The minimum atomic E-state index is -4.59. The first-order chi connectivity index (χ1) is 5.82. The summed E-state index contributed by atoms with van der Waals surface area (Å²) in [4.78, 5) is -0.303. The van der Waals surface area contributed by atoms with Crippen LogP contribution in [0.2, 0.25) is 0 Å². The van der Waals surface area contributed by atoms with Crippen molar-refractivity contribution in [1.29, 1.82) is 0 Å². The molecule has 0 unspecified atom stereocenters. The highest BCUT2D eigenvalue weighted by Gasteiger charge is 2.14. The molecule has 1 rings (SSSR count). The molecule has 1 aromatic rings. The number of hydrogen-bond acceptors (Lipinski definition) is 2. The topological polar surface area (TPSA) is 34.1 Å². The Morgan fingerprint density at radius 3 is 2.23 bits per heavy atom. The quantitative estimate of drug-likeness (QED) is 0.733. The molecule has 0 fully saturated rings. The van der Waals surface area contributed by atoms with Gasteiger partial charge in [0.15, 0.2) is 0 Å². The molecular formula is C8H8BrFO2S. The Bertz CT molecular complexity index is 416. The third kappa shape index (κ3) is 2.28. The number of benzene rings is 1. The molecule has 0 atom stereocenters. The molecule has 13 heavy (non-hydrogen) atoms. The molecule has 0 bridgehead atoms. The van der Waals surface area contributed by atoms with Gasteiger partial charge in [-0.2, -0.15) is 8.42 Å². The van der Waals surface area contributed by atoms with Gasteiger partial charge in [0.25, 0.3) is 0 Å². The number of rotatable bonds is 1. The zero-order valence-electron chi connectivity index (χ0n) is 7.14. The second-order valence-electron chi connectivity index (χ2n) is 2.78. The minimum Gasteiger partial charge on any atom is -0.189 e. The normalized spacial score (nSPS) is 11.7.